The van der Waals surface area contributed by atoms with E-state index in [2.05, 4.69) is 40.8 Å². The second-order valence-corrected chi connectivity index (χ2v) is 12.9. The van der Waals surface area contributed by atoms with Gasteiger partial charge in [-0.2, -0.15) is 0 Å². The lowest BCUT2D eigenvalue weighted by molar-refractivity contribution is 0.0960. The third-order valence-corrected chi connectivity index (χ3v) is 9.85. The number of anilines is 2. The van der Waals surface area contributed by atoms with Crippen molar-refractivity contribution in [3.63, 3.8) is 0 Å². The zero-order valence-corrected chi connectivity index (χ0v) is 26.8. The molecule has 11 nitrogen and oxygen atoms in total. The summed E-state index contributed by atoms with van der Waals surface area (Å²) in [6, 6.07) is 15.8. The van der Waals surface area contributed by atoms with Crippen LogP contribution in [0.3, 0.4) is 0 Å². The van der Waals surface area contributed by atoms with Crippen LogP contribution < -0.4 is 16.0 Å². The number of rotatable bonds is 3. The number of benzene rings is 2. The molecule has 0 bridgehead atoms. The number of ketones is 2. The van der Waals surface area contributed by atoms with E-state index >= 15 is 0 Å². The van der Waals surface area contributed by atoms with Crippen LogP contribution in [0.4, 0.5) is 11.4 Å². The van der Waals surface area contributed by atoms with Gasteiger partial charge in [0.1, 0.15) is 5.82 Å². The van der Waals surface area contributed by atoms with Gasteiger partial charge >= 0.3 is 0 Å². The molecule has 246 valence electrons. The van der Waals surface area contributed by atoms with Crippen molar-refractivity contribution in [1.29, 1.82) is 0 Å². The smallest absolute Gasteiger partial charge is 0.185 e. The summed E-state index contributed by atoms with van der Waals surface area (Å²) in [4.78, 5) is 50.3. The third-order valence-electron chi connectivity index (χ3n) is 9.85. The molecule has 4 aliphatic rings. The number of carbonyl (C=O) groups is 3. The minimum Gasteiger partial charge on any atom is -0.379 e. The Bertz CT molecular complexity index is 1620. The fourth-order valence-electron chi connectivity index (χ4n) is 7.07. The number of fused-ring (bicyclic) bond motifs is 2. The minimum absolute atomic E-state index is 0.0575. The summed E-state index contributed by atoms with van der Waals surface area (Å²) in [5, 5.41) is 10.7. The number of aldehydes is 1. The second kappa shape index (κ2) is 14.9. The molecule has 47 heavy (non-hydrogen) atoms. The van der Waals surface area contributed by atoms with Gasteiger partial charge in [-0.25, -0.2) is 9.97 Å². The zero-order chi connectivity index (χ0) is 32.5. The van der Waals surface area contributed by atoms with Crippen LogP contribution in [0, 0.1) is 0 Å². The second-order valence-electron chi connectivity index (χ2n) is 12.9. The van der Waals surface area contributed by atoms with Crippen molar-refractivity contribution in [2.45, 2.75) is 69.0 Å². The topological polar surface area (TPSA) is 148 Å². The van der Waals surface area contributed by atoms with E-state index in [4.69, 9.17) is 0 Å². The summed E-state index contributed by atoms with van der Waals surface area (Å²) in [6.07, 6.45) is 15.0. The van der Waals surface area contributed by atoms with Gasteiger partial charge in [0.2, 0.25) is 0 Å². The van der Waals surface area contributed by atoms with Gasteiger partial charge in [-0.15, -0.1) is 0 Å². The van der Waals surface area contributed by atoms with Gasteiger partial charge in [-0.1, -0.05) is 24.3 Å². The van der Waals surface area contributed by atoms with Gasteiger partial charge in [0.25, 0.3) is 0 Å². The number of nitrogens with one attached hydrogen (secondary N) is 5. The zero-order valence-electron chi connectivity index (χ0n) is 26.8. The molecule has 8 rings (SSSR count). The highest BCUT2D eigenvalue weighted by molar-refractivity contribution is 6.02. The Balaban J connectivity index is 0.000000141. The summed E-state index contributed by atoms with van der Waals surface area (Å²) in [7, 11) is 0. The summed E-state index contributed by atoms with van der Waals surface area (Å²) in [5.74, 6) is 1.95. The van der Waals surface area contributed by atoms with Crippen LogP contribution in [0.5, 0.6) is 0 Å². The summed E-state index contributed by atoms with van der Waals surface area (Å²) >= 11 is 0. The molecule has 4 aromatic rings. The molecule has 6 heterocycles. The Labute approximate surface area is 275 Å². The number of imidazole rings is 2. The first kappa shape index (κ1) is 32.3. The molecular weight excluding hydrogens is 592 g/mol. The number of piperidine rings is 2. The van der Waals surface area contributed by atoms with Crippen LogP contribution in [0.25, 0.3) is 0 Å². The van der Waals surface area contributed by atoms with Crippen LogP contribution in [-0.2, 0) is 6.54 Å². The minimum atomic E-state index is 0.0575. The Hall–Kier alpha value is -4.61. The number of aromatic nitrogens is 4. The lowest BCUT2D eigenvalue weighted by Gasteiger charge is -2.42. The molecule has 5 N–H and O–H groups in total. The van der Waals surface area contributed by atoms with Crippen molar-refractivity contribution in [3.8, 4) is 0 Å². The van der Waals surface area contributed by atoms with Crippen LogP contribution in [0.2, 0.25) is 0 Å². The number of para-hydroxylation sites is 2. The van der Waals surface area contributed by atoms with Crippen LogP contribution in [-0.4, -0.2) is 79.9 Å². The lowest BCUT2D eigenvalue weighted by Crippen LogP contribution is -2.48. The standard InChI is InChI=1S/C18H22N4O.C14H18N2O.C4H4N2O/c23-16-5-6-18(21-15-4-2-1-3-14(15)16)7-11-22(12-8-18)13-17-19-9-10-20-17;17-13-5-6-14(7-9-15-10-8-14)16-12-4-2-1-3-11(12)13;7-3-4-5-1-2-6-4/h1-4,9-10,21H,5-8,11-13H2,(H,19,20);1-4,15-16H,5-10H2;1-3H,(H,5,6). The van der Waals surface area contributed by atoms with E-state index in [0.717, 1.165) is 99.6 Å². The molecule has 2 saturated heterocycles. The average Bonchev–Trinajstić information content (AvgIpc) is 3.79. The Kier molecular flexibility index (Phi) is 10.2. The molecular formula is C36H44N8O3. The summed E-state index contributed by atoms with van der Waals surface area (Å²) in [6.45, 7) is 5.03. The first-order chi connectivity index (χ1) is 23.0. The summed E-state index contributed by atoms with van der Waals surface area (Å²) < 4.78 is 0. The molecule has 11 heteroatoms. The molecule has 0 amide bonds. The van der Waals surface area contributed by atoms with Crippen LogP contribution >= 0.6 is 0 Å². The van der Waals surface area contributed by atoms with Crippen molar-refractivity contribution < 1.29 is 14.4 Å². The number of hydrogen-bond acceptors (Lipinski definition) is 9. The molecule has 2 aromatic carbocycles. The predicted octanol–water partition coefficient (Wildman–Crippen LogP) is 5.25. The van der Waals surface area contributed by atoms with Gasteiger partial charge in [-0.3, -0.25) is 19.3 Å². The molecule has 0 saturated carbocycles. The quantitative estimate of drug-likeness (QED) is 0.190. The number of Topliss-reactive ketones (excluding diaryl/α,β-unsaturated/α-hetero) is 2. The lowest BCUT2D eigenvalue weighted by atomic mass is 9.83. The Morgan fingerprint density at radius 1 is 0.702 bits per heavy atom. The monoisotopic (exact) mass is 636 g/mol. The molecule has 4 aliphatic heterocycles. The van der Waals surface area contributed by atoms with Gasteiger partial charge in [0.05, 0.1) is 6.54 Å². The van der Waals surface area contributed by atoms with Crippen molar-refractivity contribution in [1.82, 2.24) is 30.2 Å². The van der Waals surface area contributed by atoms with E-state index in [9.17, 15) is 14.4 Å². The first-order valence-electron chi connectivity index (χ1n) is 16.6. The average molecular weight is 637 g/mol. The van der Waals surface area contributed by atoms with E-state index in [-0.39, 0.29) is 22.6 Å². The largest absolute Gasteiger partial charge is 0.379 e. The molecule has 0 aliphatic carbocycles. The fraction of sp³-hybridized carbons (Fsp3) is 0.417. The molecule has 2 spiro atoms. The number of hydrogen-bond donors (Lipinski definition) is 5. The summed E-state index contributed by atoms with van der Waals surface area (Å²) in [5.41, 5.74) is 3.94. The number of nitrogens with zero attached hydrogens (tertiary/aromatic N) is 3. The molecule has 0 radical (unpaired) electrons. The molecule has 2 aromatic heterocycles. The van der Waals surface area contributed by atoms with Gasteiger partial charge in [0.15, 0.2) is 23.7 Å². The number of H-pyrrole nitrogens is 2. The maximum Gasteiger partial charge on any atom is 0.185 e. The van der Waals surface area contributed by atoms with E-state index in [1.165, 1.54) is 6.20 Å². The number of aromatic amines is 2. The van der Waals surface area contributed by atoms with Gasteiger partial charge in [0, 0.05) is 84.3 Å². The van der Waals surface area contributed by atoms with Crippen LogP contribution in [0.1, 0.15) is 88.5 Å². The normalized spacial score (nSPS) is 19.7. The molecule has 2 fully saturated rings. The van der Waals surface area contributed by atoms with E-state index in [1.807, 2.05) is 54.7 Å². The number of carbonyl (C=O) groups excluding carboxylic acids is 3. The Morgan fingerprint density at radius 2 is 1.26 bits per heavy atom. The molecule has 0 atom stereocenters. The maximum atomic E-state index is 12.3. The van der Waals surface area contributed by atoms with Gasteiger partial charge in [-0.05, 0) is 75.9 Å². The van der Waals surface area contributed by atoms with Crippen molar-refractivity contribution in [2.24, 2.45) is 0 Å². The van der Waals surface area contributed by atoms with E-state index < -0.39 is 0 Å². The Morgan fingerprint density at radius 3 is 1.77 bits per heavy atom. The van der Waals surface area contributed by atoms with E-state index in [1.54, 1.807) is 12.4 Å². The first-order valence-corrected chi connectivity index (χ1v) is 16.6. The SMILES string of the molecule is O=C1CCC2(CCN(Cc3ncc[nH]3)CC2)Nc2ccccc21.O=C1CCC2(CCNCC2)Nc2ccccc21.O=Cc1ncc[nH]1. The van der Waals surface area contributed by atoms with Crippen LogP contribution in [0.15, 0.2) is 73.3 Å². The third kappa shape index (κ3) is 8.04. The van der Waals surface area contributed by atoms with Crippen molar-refractivity contribution >= 4 is 29.2 Å². The fourth-order valence-corrected chi connectivity index (χ4v) is 7.07. The number of likely N-dealkylation sites (tertiary alicyclic amines) is 1. The van der Waals surface area contributed by atoms with Gasteiger partial charge < -0.3 is 25.9 Å². The highest BCUT2D eigenvalue weighted by Crippen LogP contribution is 2.37. The van der Waals surface area contributed by atoms with E-state index in [0.29, 0.717) is 25.0 Å². The molecule has 0 unspecified atom stereocenters. The highest BCUT2D eigenvalue weighted by Gasteiger charge is 2.38. The predicted molar refractivity (Wildman–Crippen MR) is 182 cm³/mol. The maximum absolute atomic E-state index is 12.3. The van der Waals surface area contributed by atoms with Crippen molar-refractivity contribution in [2.75, 3.05) is 36.8 Å². The van der Waals surface area contributed by atoms with Crippen molar-refractivity contribution in [3.05, 3.63) is 96.1 Å². The highest BCUT2D eigenvalue weighted by atomic mass is 16.1.